The van der Waals surface area contributed by atoms with Gasteiger partial charge in [0.2, 0.25) is 0 Å². The molecular formula is C16H15BrFNO3S. The maximum Gasteiger partial charge on any atom is 0.340 e. The molecular weight excluding hydrogens is 385 g/mol. The molecule has 1 N–H and O–H groups in total. The van der Waals surface area contributed by atoms with E-state index in [0.717, 1.165) is 9.75 Å². The van der Waals surface area contributed by atoms with Gasteiger partial charge < -0.3 is 10.1 Å². The van der Waals surface area contributed by atoms with Crippen LogP contribution in [0.4, 0.5) is 10.1 Å². The van der Waals surface area contributed by atoms with Crippen molar-refractivity contribution >= 4 is 44.8 Å². The maximum atomic E-state index is 13.7. The SMILES string of the molecule is Cc1cc(C(=O)O[C@H](C)C(=O)Nc2ccc(Br)cc2F)c(C)s1. The highest BCUT2D eigenvalue weighted by atomic mass is 79.9. The average Bonchev–Trinajstić information content (AvgIpc) is 2.80. The fraction of sp³-hybridized carbons (Fsp3) is 0.250. The molecule has 2 rings (SSSR count). The quantitative estimate of drug-likeness (QED) is 0.772. The predicted octanol–water partition coefficient (Wildman–Crippen LogP) is 4.45. The first-order valence-electron chi connectivity index (χ1n) is 6.82. The van der Waals surface area contributed by atoms with E-state index in [0.29, 0.717) is 10.0 Å². The van der Waals surface area contributed by atoms with Gasteiger partial charge in [-0.15, -0.1) is 11.3 Å². The summed E-state index contributed by atoms with van der Waals surface area (Å²) in [6.07, 6.45) is -1.04. The van der Waals surface area contributed by atoms with Crippen molar-refractivity contribution in [3.8, 4) is 0 Å². The number of halogens is 2. The normalized spacial score (nSPS) is 11.9. The number of amides is 1. The van der Waals surface area contributed by atoms with Crippen LogP contribution in [0.15, 0.2) is 28.7 Å². The predicted molar refractivity (Wildman–Crippen MR) is 91.4 cm³/mol. The Morgan fingerprint density at radius 2 is 2.00 bits per heavy atom. The Labute approximate surface area is 145 Å². The highest BCUT2D eigenvalue weighted by Crippen LogP contribution is 2.22. The summed E-state index contributed by atoms with van der Waals surface area (Å²) in [4.78, 5) is 25.9. The molecule has 1 amide bonds. The van der Waals surface area contributed by atoms with Gasteiger partial charge in [0.15, 0.2) is 6.10 Å². The van der Waals surface area contributed by atoms with Gasteiger partial charge in [-0.2, -0.15) is 0 Å². The lowest BCUT2D eigenvalue weighted by Gasteiger charge is -2.14. The zero-order valence-corrected chi connectivity index (χ0v) is 15.2. The first-order valence-corrected chi connectivity index (χ1v) is 8.43. The van der Waals surface area contributed by atoms with Crippen LogP contribution in [-0.2, 0) is 9.53 Å². The second kappa shape index (κ2) is 7.23. The van der Waals surface area contributed by atoms with E-state index in [2.05, 4.69) is 21.2 Å². The minimum atomic E-state index is -1.04. The van der Waals surface area contributed by atoms with E-state index in [-0.39, 0.29) is 5.69 Å². The average molecular weight is 400 g/mol. The van der Waals surface area contributed by atoms with Crippen LogP contribution in [0.25, 0.3) is 0 Å². The van der Waals surface area contributed by atoms with E-state index in [4.69, 9.17) is 4.74 Å². The summed E-state index contributed by atoms with van der Waals surface area (Å²) in [6, 6.07) is 6.00. The lowest BCUT2D eigenvalue weighted by Crippen LogP contribution is -2.30. The van der Waals surface area contributed by atoms with Crippen molar-refractivity contribution in [3.63, 3.8) is 0 Å². The number of hydrogen-bond acceptors (Lipinski definition) is 4. The molecule has 2 aromatic rings. The molecule has 1 aromatic heterocycles. The molecule has 0 spiro atoms. The molecule has 4 nitrogen and oxygen atoms in total. The van der Waals surface area contributed by atoms with Gasteiger partial charge in [-0.05, 0) is 45.0 Å². The summed E-state index contributed by atoms with van der Waals surface area (Å²) in [7, 11) is 0. The number of aryl methyl sites for hydroxylation is 2. The molecule has 1 heterocycles. The fourth-order valence-corrected chi connectivity index (χ4v) is 3.18. The van der Waals surface area contributed by atoms with Gasteiger partial charge in [-0.3, -0.25) is 4.79 Å². The first kappa shape index (κ1) is 17.6. The summed E-state index contributed by atoms with van der Waals surface area (Å²) in [5, 5.41) is 2.40. The van der Waals surface area contributed by atoms with Crippen LogP contribution >= 0.6 is 27.3 Å². The van der Waals surface area contributed by atoms with E-state index in [1.165, 1.54) is 30.4 Å². The van der Waals surface area contributed by atoms with E-state index in [1.807, 2.05) is 13.8 Å². The zero-order chi connectivity index (χ0) is 17.1. The van der Waals surface area contributed by atoms with Crippen molar-refractivity contribution in [2.24, 2.45) is 0 Å². The van der Waals surface area contributed by atoms with Crippen molar-refractivity contribution in [2.45, 2.75) is 26.9 Å². The molecule has 0 fully saturated rings. The molecule has 23 heavy (non-hydrogen) atoms. The van der Waals surface area contributed by atoms with Gasteiger partial charge in [0, 0.05) is 14.2 Å². The summed E-state index contributed by atoms with van der Waals surface area (Å²) in [5.41, 5.74) is 0.477. The third-order valence-electron chi connectivity index (χ3n) is 3.10. The second-order valence-corrected chi connectivity index (χ2v) is 7.36. The Bertz CT molecular complexity index is 760. The highest BCUT2D eigenvalue weighted by Gasteiger charge is 2.22. The van der Waals surface area contributed by atoms with Crippen LogP contribution in [0.1, 0.15) is 27.0 Å². The van der Waals surface area contributed by atoms with Crippen LogP contribution in [0, 0.1) is 19.7 Å². The van der Waals surface area contributed by atoms with Crippen molar-refractivity contribution in [1.29, 1.82) is 0 Å². The second-order valence-electron chi connectivity index (χ2n) is 4.99. The summed E-state index contributed by atoms with van der Waals surface area (Å²) < 4.78 is 19.4. The fourth-order valence-electron chi connectivity index (χ4n) is 1.94. The lowest BCUT2D eigenvalue weighted by molar-refractivity contribution is -0.123. The van der Waals surface area contributed by atoms with E-state index in [1.54, 1.807) is 12.1 Å². The van der Waals surface area contributed by atoms with Crippen LogP contribution in [0.5, 0.6) is 0 Å². The topological polar surface area (TPSA) is 55.4 Å². The number of hydrogen-bond donors (Lipinski definition) is 1. The third kappa shape index (κ3) is 4.39. The monoisotopic (exact) mass is 399 g/mol. The van der Waals surface area contributed by atoms with Crippen LogP contribution < -0.4 is 5.32 Å². The number of ether oxygens (including phenoxy) is 1. The number of thiophene rings is 1. The molecule has 7 heteroatoms. The van der Waals surface area contributed by atoms with E-state index < -0.39 is 23.8 Å². The van der Waals surface area contributed by atoms with Crippen LogP contribution in [0.3, 0.4) is 0 Å². The molecule has 0 radical (unpaired) electrons. The minimum Gasteiger partial charge on any atom is -0.449 e. The van der Waals surface area contributed by atoms with Crippen molar-refractivity contribution in [2.75, 3.05) is 5.32 Å². The maximum absolute atomic E-state index is 13.7. The van der Waals surface area contributed by atoms with Crippen LogP contribution in [-0.4, -0.2) is 18.0 Å². The Balaban J connectivity index is 2.02. The summed E-state index contributed by atoms with van der Waals surface area (Å²) in [5.74, 6) is -1.73. The number of carbonyl (C=O) groups excluding carboxylic acids is 2. The molecule has 122 valence electrons. The summed E-state index contributed by atoms with van der Waals surface area (Å²) >= 11 is 4.62. The van der Waals surface area contributed by atoms with Gasteiger partial charge in [-0.25, -0.2) is 9.18 Å². The Kier molecular flexibility index (Phi) is 5.54. The van der Waals surface area contributed by atoms with Crippen LogP contribution in [0.2, 0.25) is 0 Å². The number of nitrogens with one attached hydrogen (secondary N) is 1. The highest BCUT2D eigenvalue weighted by molar-refractivity contribution is 9.10. The smallest absolute Gasteiger partial charge is 0.340 e. The molecule has 0 unspecified atom stereocenters. The van der Waals surface area contributed by atoms with E-state index in [9.17, 15) is 14.0 Å². The number of benzene rings is 1. The number of rotatable bonds is 4. The number of esters is 1. The van der Waals surface area contributed by atoms with Gasteiger partial charge in [0.05, 0.1) is 11.3 Å². The van der Waals surface area contributed by atoms with Crippen molar-refractivity contribution in [1.82, 2.24) is 0 Å². The number of anilines is 1. The Hall–Kier alpha value is -1.73. The van der Waals surface area contributed by atoms with Crippen molar-refractivity contribution < 1.29 is 18.7 Å². The molecule has 0 saturated heterocycles. The Morgan fingerprint density at radius 1 is 1.30 bits per heavy atom. The zero-order valence-electron chi connectivity index (χ0n) is 12.8. The van der Waals surface area contributed by atoms with E-state index >= 15 is 0 Å². The molecule has 1 atom stereocenters. The van der Waals surface area contributed by atoms with Gasteiger partial charge in [-0.1, -0.05) is 15.9 Å². The lowest BCUT2D eigenvalue weighted by atomic mass is 10.2. The van der Waals surface area contributed by atoms with Crippen molar-refractivity contribution in [3.05, 3.63) is 49.9 Å². The third-order valence-corrected chi connectivity index (χ3v) is 4.56. The Morgan fingerprint density at radius 3 is 2.57 bits per heavy atom. The number of carbonyl (C=O) groups is 2. The van der Waals surface area contributed by atoms with Gasteiger partial charge in [0.1, 0.15) is 5.82 Å². The van der Waals surface area contributed by atoms with Gasteiger partial charge >= 0.3 is 5.97 Å². The molecule has 0 saturated carbocycles. The standard InChI is InChI=1S/C16H15BrFNO3S/c1-8-6-12(10(3)23-8)16(21)22-9(2)15(20)19-14-5-4-11(17)7-13(14)18/h4-7,9H,1-3H3,(H,19,20)/t9-/m1/s1. The molecule has 0 bridgehead atoms. The molecule has 0 aliphatic rings. The van der Waals surface area contributed by atoms with Gasteiger partial charge in [0.25, 0.3) is 5.91 Å². The summed E-state index contributed by atoms with van der Waals surface area (Å²) in [6.45, 7) is 5.15. The molecule has 0 aliphatic heterocycles. The minimum absolute atomic E-state index is 0.0312. The molecule has 1 aromatic carbocycles. The molecule has 0 aliphatic carbocycles. The first-order chi connectivity index (χ1) is 10.8. The largest absolute Gasteiger partial charge is 0.449 e.